The molecule has 0 spiro atoms. The number of carbonyl (C=O) groups is 1. The molecular weight excluding hydrogens is 326 g/mol. The maximum absolute atomic E-state index is 12.1. The summed E-state index contributed by atoms with van der Waals surface area (Å²) in [4.78, 5) is 23.4. The van der Waals surface area contributed by atoms with Crippen LogP contribution in [0.1, 0.15) is 29.0 Å². The van der Waals surface area contributed by atoms with Gasteiger partial charge in [-0.05, 0) is 18.9 Å². The van der Waals surface area contributed by atoms with Gasteiger partial charge in [-0.1, -0.05) is 34.1 Å². The van der Waals surface area contributed by atoms with Crippen LogP contribution in [-0.4, -0.2) is 10.7 Å². The van der Waals surface area contributed by atoms with Crippen LogP contribution in [0.25, 0.3) is 0 Å². The second-order valence-corrected chi connectivity index (χ2v) is 5.65. The highest BCUT2D eigenvalue weighted by Gasteiger charge is 2.50. The third kappa shape index (κ3) is 2.20. The first-order valence-corrected chi connectivity index (χ1v) is 6.97. The summed E-state index contributed by atoms with van der Waals surface area (Å²) in [5, 5.41) is 0. The van der Waals surface area contributed by atoms with E-state index >= 15 is 0 Å². The molecule has 0 saturated heterocycles. The van der Waals surface area contributed by atoms with Crippen molar-refractivity contribution in [3.05, 3.63) is 56.5 Å². The molecule has 0 bridgehead atoms. The van der Waals surface area contributed by atoms with Gasteiger partial charge in [0.2, 0.25) is 5.76 Å². The Hall–Kier alpha value is -1.82. The Morgan fingerprint density at radius 3 is 2.65 bits per heavy atom. The second-order valence-electron chi connectivity index (χ2n) is 4.80. The molecule has 0 radical (unpaired) electrons. The number of carbonyl (C=O) groups excluding carboxylic acids is 1. The summed E-state index contributed by atoms with van der Waals surface area (Å²) in [7, 11) is 1.44. The maximum atomic E-state index is 12.1. The van der Waals surface area contributed by atoms with Crippen LogP contribution in [0.2, 0.25) is 0 Å². The molecule has 104 valence electrons. The number of aryl methyl sites for hydroxylation is 1. The van der Waals surface area contributed by atoms with Gasteiger partial charge >= 0.3 is 5.97 Å². The molecule has 0 N–H and O–H groups in total. The van der Waals surface area contributed by atoms with Gasteiger partial charge in [0.25, 0.3) is 5.56 Å². The minimum Gasteiger partial charge on any atom is -0.448 e. The average molecular weight is 338 g/mol. The van der Waals surface area contributed by atoms with Crippen molar-refractivity contribution in [1.82, 2.24) is 4.74 Å². The number of hydrogen-bond acceptors (Lipinski definition) is 4. The summed E-state index contributed by atoms with van der Waals surface area (Å²) < 4.78 is 12.5. The van der Waals surface area contributed by atoms with Gasteiger partial charge in [-0.3, -0.25) is 4.79 Å². The molecule has 6 heteroatoms. The van der Waals surface area contributed by atoms with Gasteiger partial charge < -0.3 is 9.26 Å². The molecule has 1 aromatic heterocycles. The molecular formula is C14H12BrNO4. The minimum atomic E-state index is -0.615. The van der Waals surface area contributed by atoms with E-state index < -0.39 is 11.6 Å². The average Bonchev–Trinajstić information content (AvgIpc) is 3.10. The Bertz CT molecular complexity index is 727. The zero-order chi connectivity index (χ0) is 14.3. The van der Waals surface area contributed by atoms with E-state index in [1.165, 1.54) is 7.05 Å². The Balaban J connectivity index is 1.86. The number of ether oxygens (including phenoxy) is 1. The summed E-state index contributed by atoms with van der Waals surface area (Å²) in [6.07, 6.45) is 1.52. The van der Waals surface area contributed by atoms with Gasteiger partial charge in [0, 0.05) is 17.1 Å². The second kappa shape index (κ2) is 4.63. The van der Waals surface area contributed by atoms with Crippen LogP contribution in [0.3, 0.4) is 0 Å². The van der Waals surface area contributed by atoms with Gasteiger partial charge in [-0.15, -0.1) is 0 Å². The van der Waals surface area contributed by atoms with E-state index in [4.69, 9.17) is 9.26 Å². The molecule has 0 amide bonds. The molecule has 3 rings (SSSR count). The monoisotopic (exact) mass is 337 g/mol. The highest BCUT2D eigenvalue weighted by molar-refractivity contribution is 9.10. The van der Waals surface area contributed by atoms with Crippen LogP contribution in [-0.2, 0) is 17.4 Å². The Labute approximate surface area is 123 Å². The summed E-state index contributed by atoms with van der Waals surface area (Å²) >= 11 is 3.47. The quantitative estimate of drug-likeness (QED) is 0.807. The lowest BCUT2D eigenvalue weighted by Gasteiger charge is -2.17. The summed E-state index contributed by atoms with van der Waals surface area (Å²) in [6.45, 7) is 0. The van der Waals surface area contributed by atoms with Crippen molar-refractivity contribution >= 4 is 21.9 Å². The van der Waals surface area contributed by atoms with Crippen LogP contribution in [0.5, 0.6) is 0 Å². The predicted octanol–water partition coefficient (Wildman–Crippen LogP) is 2.59. The molecule has 2 aromatic rings. The van der Waals surface area contributed by atoms with Crippen LogP contribution in [0, 0.1) is 0 Å². The largest absolute Gasteiger partial charge is 0.448 e. The van der Waals surface area contributed by atoms with E-state index in [1.54, 1.807) is 0 Å². The number of benzene rings is 1. The van der Waals surface area contributed by atoms with Crippen molar-refractivity contribution in [2.75, 3.05) is 0 Å². The first-order chi connectivity index (χ1) is 9.52. The number of rotatable bonds is 3. The summed E-state index contributed by atoms with van der Waals surface area (Å²) in [6, 6.07) is 8.77. The molecule has 1 aliphatic rings. The number of aromatic nitrogens is 1. The van der Waals surface area contributed by atoms with Crippen molar-refractivity contribution in [2.24, 2.45) is 7.05 Å². The van der Waals surface area contributed by atoms with E-state index in [1.807, 2.05) is 24.3 Å². The van der Waals surface area contributed by atoms with Gasteiger partial charge in [0.15, 0.2) is 0 Å². The van der Waals surface area contributed by atoms with Crippen LogP contribution >= 0.6 is 15.9 Å². The van der Waals surface area contributed by atoms with Crippen molar-refractivity contribution in [2.45, 2.75) is 18.4 Å². The molecule has 0 unspecified atom stereocenters. The number of halogens is 1. The highest BCUT2D eigenvalue weighted by Crippen LogP contribution is 2.51. The molecule has 5 nitrogen and oxygen atoms in total. The van der Waals surface area contributed by atoms with Crippen molar-refractivity contribution in [1.29, 1.82) is 0 Å². The van der Waals surface area contributed by atoms with E-state index in [2.05, 4.69) is 15.9 Å². The third-order valence-electron chi connectivity index (χ3n) is 3.36. The van der Waals surface area contributed by atoms with E-state index in [-0.39, 0.29) is 11.3 Å². The zero-order valence-electron chi connectivity index (χ0n) is 10.8. The van der Waals surface area contributed by atoms with Gasteiger partial charge in [0.05, 0.1) is 6.07 Å². The predicted molar refractivity (Wildman–Crippen MR) is 74.4 cm³/mol. The molecule has 1 fully saturated rings. The van der Waals surface area contributed by atoms with E-state index in [9.17, 15) is 9.59 Å². The molecule has 1 aliphatic carbocycles. The van der Waals surface area contributed by atoms with E-state index in [0.29, 0.717) is 0 Å². The molecule has 0 aliphatic heterocycles. The van der Waals surface area contributed by atoms with Crippen molar-refractivity contribution in [3.8, 4) is 0 Å². The third-order valence-corrected chi connectivity index (χ3v) is 4.05. The van der Waals surface area contributed by atoms with Crippen LogP contribution < -0.4 is 5.56 Å². The molecule has 1 heterocycles. The molecule has 1 saturated carbocycles. The lowest BCUT2D eigenvalue weighted by molar-refractivity contribution is 0.0157. The topological polar surface area (TPSA) is 61.4 Å². The Kier molecular flexibility index (Phi) is 3.05. The lowest BCUT2D eigenvalue weighted by Crippen LogP contribution is -2.18. The standard InChI is InChI=1S/C14H12BrNO4/c1-16-12(17)8-11(20-16)13(18)19-14(6-7-14)9-4-2-3-5-10(9)15/h2-5,8H,6-7H2,1H3. The lowest BCUT2D eigenvalue weighted by atomic mass is 10.1. The van der Waals surface area contributed by atoms with Crippen LogP contribution in [0.4, 0.5) is 0 Å². The number of esters is 1. The van der Waals surface area contributed by atoms with E-state index in [0.717, 1.165) is 33.7 Å². The first-order valence-electron chi connectivity index (χ1n) is 6.17. The molecule has 0 atom stereocenters. The maximum Gasteiger partial charge on any atom is 0.378 e. The smallest absolute Gasteiger partial charge is 0.378 e. The fourth-order valence-electron chi connectivity index (χ4n) is 2.12. The Morgan fingerprint density at radius 2 is 2.10 bits per heavy atom. The highest BCUT2D eigenvalue weighted by atomic mass is 79.9. The van der Waals surface area contributed by atoms with Crippen molar-refractivity contribution < 1.29 is 14.1 Å². The minimum absolute atomic E-state index is 0.0733. The fourth-order valence-corrected chi connectivity index (χ4v) is 2.76. The Morgan fingerprint density at radius 1 is 1.40 bits per heavy atom. The van der Waals surface area contributed by atoms with Crippen molar-refractivity contribution in [3.63, 3.8) is 0 Å². The zero-order valence-corrected chi connectivity index (χ0v) is 12.3. The normalized spacial score (nSPS) is 15.9. The molecule has 1 aromatic carbocycles. The number of hydrogen-bond donors (Lipinski definition) is 0. The summed E-state index contributed by atoms with van der Waals surface area (Å²) in [5.41, 5.74) is -0.0414. The number of nitrogens with zero attached hydrogens (tertiary/aromatic N) is 1. The molecule has 20 heavy (non-hydrogen) atoms. The van der Waals surface area contributed by atoms with Gasteiger partial charge in [-0.2, -0.15) is 4.74 Å². The SMILES string of the molecule is Cn1oc(C(=O)OC2(c3ccccc3Br)CC2)cc1=O. The first kappa shape index (κ1) is 13.2. The van der Waals surface area contributed by atoms with Crippen LogP contribution in [0.15, 0.2) is 44.1 Å². The van der Waals surface area contributed by atoms with Gasteiger partial charge in [0.1, 0.15) is 5.60 Å². The van der Waals surface area contributed by atoms with Gasteiger partial charge in [-0.25, -0.2) is 4.79 Å². The fraction of sp³-hybridized carbons (Fsp3) is 0.286. The summed E-state index contributed by atoms with van der Waals surface area (Å²) in [5.74, 6) is -0.688.